The van der Waals surface area contributed by atoms with Gasteiger partial charge in [0.15, 0.2) is 0 Å². The smallest absolute Gasteiger partial charge is 0.120 e. The van der Waals surface area contributed by atoms with E-state index in [4.69, 9.17) is 4.84 Å². The fourth-order valence-electron chi connectivity index (χ4n) is 0.747. The average Bonchev–Trinajstić information content (AvgIpc) is 2.11. The highest BCUT2D eigenvalue weighted by Crippen LogP contribution is 1.94. The molecule has 0 aromatic rings. The zero-order valence-electron chi connectivity index (χ0n) is 7.88. The molecule has 0 spiro atoms. The van der Waals surface area contributed by atoms with Crippen LogP contribution in [0.4, 0.5) is 0 Å². The molecule has 0 bridgehead atoms. The minimum absolute atomic E-state index is 0.544. The van der Waals surface area contributed by atoms with Gasteiger partial charge in [0.05, 0.1) is 5.71 Å². The Hall–Kier alpha value is -0.860. The summed E-state index contributed by atoms with van der Waals surface area (Å²) in [7, 11) is 0. The van der Waals surface area contributed by atoms with Crippen molar-refractivity contribution in [3.63, 3.8) is 0 Å². The number of nitrogens with zero attached hydrogens (tertiary/aromatic N) is 1. The molecule has 0 aliphatic carbocycles. The van der Waals surface area contributed by atoms with Crippen molar-refractivity contribution >= 4 is 12.0 Å². The molecule has 0 aliphatic rings. The second-order valence-electron chi connectivity index (χ2n) is 2.51. The van der Waals surface area contributed by atoms with E-state index in [-0.39, 0.29) is 0 Å². The zero-order chi connectivity index (χ0) is 9.23. The molecule has 0 N–H and O–H groups in total. The Labute approximate surface area is 73.8 Å². The van der Waals surface area contributed by atoms with E-state index in [2.05, 4.69) is 19.0 Å². The molecular formula is C9H17NO2. The molecule has 0 atom stereocenters. The van der Waals surface area contributed by atoms with E-state index in [0.29, 0.717) is 13.0 Å². The summed E-state index contributed by atoms with van der Waals surface area (Å²) in [6.07, 6.45) is 4.08. The van der Waals surface area contributed by atoms with Gasteiger partial charge in [-0.15, -0.1) is 0 Å². The van der Waals surface area contributed by atoms with E-state index in [9.17, 15) is 4.79 Å². The quantitative estimate of drug-likeness (QED) is 0.255. The second-order valence-corrected chi connectivity index (χ2v) is 2.51. The van der Waals surface area contributed by atoms with Gasteiger partial charge in [-0.3, -0.25) is 0 Å². The minimum atomic E-state index is 0.544. The molecule has 12 heavy (non-hydrogen) atoms. The highest BCUT2D eigenvalue weighted by molar-refractivity contribution is 5.83. The van der Waals surface area contributed by atoms with Gasteiger partial charge in [-0.1, -0.05) is 19.0 Å². The molecule has 0 aliphatic heterocycles. The molecule has 3 nitrogen and oxygen atoms in total. The van der Waals surface area contributed by atoms with Crippen molar-refractivity contribution in [3.8, 4) is 0 Å². The lowest BCUT2D eigenvalue weighted by atomic mass is 10.2. The number of hydrogen-bond acceptors (Lipinski definition) is 3. The Morgan fingerprint density at radius 1 is 1.42 bits per heavy atom. The van der Waals surface area contributed by atoms with Gasteiger partial charge >= 0.3 is 0 Å². The molecule has 0 radical (unpaired) electrons. The second kappa shape index (κ2) is 8.24. The summed E-state index contributed by atoms with van der Waals surface area (Å²) >= 11 is 0. The van der Waals surface area contributed by atoms with E-state index in [0.717, 1.165) is 31.3 Å². The van der Waals surface area contributed by atoms with E-state index < -0.39 is 0 Å². The van der Waals surface area contributed by atoms with Gasteiger partial charge in [-0.05, 0) is 19.3 Å². The summed E-state index contributed by atoms with van der Waals surface area (Å²) in [5.74, 6) is 0. The lowest BCUT2D eigenvalue weighted by Crippen LogP contribution is -1.96. The molecule has 0 rings (SSSR count). The summed E-state index contributed by atoms with van der Waals surface area (Å²) in [6.45, 7) is 4.65. The van der Waals surface area contributed by atoms with Crippen LogP contribution in [0.5, 0.6) is 0 Å². The standard InChI is InChI=1S/C9H17NO2/c1-3-9(4-2)10-12-8-6-5-7-11/h7H,3-6,8H2,1-2H3. The van der Waals surface area contributed by atoms with E-state index in [1.165, 1.54) is 0 Å². The van der Waals surface area contributed by atoms with E-state index in [1.807, 2.05) is 0 Å². The lowest BCUT2D eigenvalue weighted by Gasteiger charge is -1.99. The predicted octanol–water partition coefficient (Wildman–Crippen LogP) is 2.16. The fraction of sp³-hybridized carbons (Fsp3) is 0.778. The molecule has 0 aromatic heterocycles. The first-order chi connectivity index (χ1) is 5.85. The lowest BCUT2D eigenvalue weighted by molar-refractivity contribution is -0.108. The van der Waals surface area contributed by atoms with Gasteiger partial charge in [0.25, 0.3) is 0 Å². The van der Waals surface area contributed by atoms with Crippen LogP contribution in [0.3, 0.4) is 0 Å². The number of carbonyl (C=O) groups excluding carboxylic acids is 1. The van der Waals surface area contributed by atoms with Crippen LogP contribution in [-0.4, -0.2) is 18.6 Å². The fourth-order valence-corrected chi connectivity index (χ4v) is 0.747. The summed E-state index contributed by atoms with van der Waals surface area (Å²) in [6, 6.07) is 0. The average molecular weight is 171 g/mol. The van der Waals surface area contributed by atoms with Crippen LogP contribution >= 0.6 is 0 Å². The molecule has 0 unspecified atom stereocenters. The first-order valence-electron chi connectivity index (χ1n) is 4.46. The number of hydrogen-bond donors (Lipinski definition) is 0. The largest absolute Gasteiger partial charge is 0.396 e. The molecular weight excluding hydrogens is 154 g/mol. The van der Waals surface area contributed by atoms with Gasteiger partial charge in [-0.2, -0.15) is 0 Å². The Kier molecular flexibility index (Phi) is 7.65. The maximum absolute atomic E-state index is 9.92. The number of oxime groups is 1. The van der Waals surface area contributed by atoms with Crippen LogP contribution in [0.25, 0.3) is 0 Å². The van der Waals surface area contributed by atoms with Crippen LogP contribution in [-0.2, 0) is 9.63 Å². The SMILES string of the molecule is CCC(CC)=NOCCCC=O. The van der Waals surface area contributed by atoms with Gasteiger partial charge in [0.1, 0.15) is 12.9 Å². The summed E-state index contributed by atoms with van der Waals surface area (Å²) in [4.78, 5) is 14.9. The maximum atomic E-state index is 9.92. The zero-order valence-corrected chi connectivity index (χ0v) is 7.88. The third-order valence-corrected chi connectivity index (χ3v) is 1.57. The molecule has 0 aromatic carbocycles. The van der Waals surface area contributed by atoms with Crippen molar-refractivity contribution in [2.75, 3.05) is 6.61 Å². The number of carbonyl (C=O) groups is 1. The predicted molar refractivity (Wildman–Crippen MR) is 49.3 cm³/mol. The van der Waals surface area contributed by atoms with Crippen molar-refractivity contribution in [1.29, 1.82) is 0 Å². The molecule has 0 saturated carbocycles. The van der Waals surface area contributed by atoms with Crippen molar-refractivity contribution in [2.45, 2.75) is 39.5 Å². The van der Waals surface area contributed by atoms with E-state index in [1.54, 1.807) is 0 Å². The normalized spacial score (nSPS) is 9.17. The van der Waals surface area contributed by atoms with Crippen molar-refractivity contribution < 1.29 is 9.63 Å². The Bertz CT molecular complexity index is 137. The maximum Gasteiger partial charge on any atom is 0.120 e. The Balaban J connectivity index is 3.37. The summed E-state index contributed by atoms with van der Waals surface area (Å²) in [5.41, 5.74) is 1.07. The van der Waals surface area contributed by atoms with Crippen molar-refractivity contribution in [3.05, 3.63) is 0 Å². The minimum Gasteiger partial charge on any atom is -0.396 e. The van der Waals surface area contributed by atoms with Crippen LogP contribution in [0, 0.1) is 0 Å². The van der Waals surface area contributed by atoms with Gasteiger partial charge < -0.3 is 9.63 Å². The van der Waals surface area contributed by atoms with Crippen LogP contribution < -0.4 is 0 Å². The van der Waals surface area contributed by atoms with Crippen LogP contribution in [0.2, 0.25) is 0 Å². The van der Waals surface area contributed by atoms with Crippen LogP contribution in [0.15, 0.2) is 5.16 Å². The molecule has 0 fully saturated rings. The molecule has 3 heteroatoms. The molecule has 0 heterocycles. The number of rotatable bonds is 7. The topological polar surface area (TPSA) is 38.7 Å². The first-order valence-corrected chi connectivity index (χ1v) is 4.46. The van der Waals surface area contributed by atoms with Gasteiger partial charge in [-0.25, -0.2) is 0 Å². The molecule has 0 saturated heterocycles. The van der Waals surface area contributed by atoms with Crippen molar-refractivity contribution in [2.24, 2.45) is 5.16 Å². The van der Waals surface area contributed by atoms with Crippen LogP contribution in [0.1, 0.15) is 39.5 Å². The molecule has 0 amide bonds. The number of aldehydes is 1. The number of unbranched alkanes of at least 4 members (excludes halogenated alkanes) is 1. The van der Waals surface area contributed by atoms with Gasteiger partial charge in [0, 0.05) is 6.42 Å². The summed E-state index contributed by atoms with van der Waals surface area (Å²) < 4.78 is 0. The van der Waals surface area contributed by atoms with Crippen molar-refractivity contribution in [1.82, 2.24) is 0 Å². The highest BCUT2D eigenvalue weighted by Gasteiger charge is 1.91. The molecule has 70 valence electrons. The monoisotopic (exact) mass is 171 g/mol. The third kappa shape index (κ3) is 5.89. The third-order valence-electron chi connectivity index (χ3n) is 1.57. The Morgan fingerprint density at radius 3 is 2.58 bits per heavy atom. The first kappa shape index (κ1) is 11.1. The van der Waals surface area contributed by atoms with E-state index >= 15 is 0 Å². The highest BCUT2D eigenvalue weighted by atomic mass is 16.6. The van der Waals surface area contributed by atoms with Gasteiger partial charge in [0.2, 0.25) is 0 Å². The Morgan fingerprint density at radius 2 is 2.08 bits per heavy atom. The summed E-state index contributed by atoms with van der Waals surface area (Å²) in [5, 5.41) is 3.93.